The van der Waals surface area contributed by atoms with E-state index >= 15 is 0 Å². The summed E-state index contributed by atoms with van der Waals surface area (Å²) in [4.78, 5) is 4.55. The highest BCUT2D eigenvalue weighted by Gasteiger charge is 2.17. The Morgan fingerprint density at radius 1 is 0.964 bits per heavy atom. The van der Waals surface area contributed by atoms with E-state index in [4.69, 9.17) is 18.9 Å². The minimum absolute atomic E-state index is 0.226. The van der Waals surface area contributed by atoms with Gasteiger partial charge in [-0.05, 0) is 55.8 Å². The van der Waals surface area contributed by atoms with Crippen LogP contribution in [0.3, 0.4) is 0 Å². The Morgan fingerprint density at radius 3 is 2.46 bits per heavy atom. The van der Waals surface area contributed by atoms with Crippen molar-refractivity contribution in [3.8, 4) is 28.7 Å². The minimum atomic E-state index is 0.226. The molecule has 0 saturated carbocycles. The van der Waals surface area contributed by atoms with Gasteiger partial charge in [0.1, 0.15) is 17.2 Å². The number of para-hydroxylation sites is 1. The highest BCUT2D eigenvalue weighted by Crippen LogP contribution is 2.37. The predicted octanol–water partition coefficient (Wildman–Crippen LogP) is 5.67. The van der Waals surface area contributed by atoms with E-state index in [1.165, 1.54) is 0 Å². The lowest BCUT2D eigenvalue weighted by atomic mass is 10.2. The van der Waals surface area contributed by atoms with E-state index in [0.717, 1.165) is 34.1 Å². The Morgan fingerprint density at radius 2 is 1.71 bits per heavy atom. The zero-order valence-corrected chi connectivity index (χ0v) is 15.8. The first-order valence-electron chi connectivity index (χ1n) is 9.17. The summed E-state index contributed by atoms with van der Waals surface area (Å²) in [6.07, 6.45) is 1.77. The quantitative estimate of drug-likeness (QED) is 0.521. The SMILES string of the molecule is CCOc1cc2c(cc1C=Nc1ccc(Oc3ccccc3C)cc1)OCO2. The van der Waals surface area contributed by atoms with Gasteiger partial charge in [0.15, 0.2) is 11.5 Å². The lowest BCUT2D eigenvalue weighted by molar-refractivity contribution is 0.174. The van der Waals surface area contributed by atoms with Gasteiger partial charge in [-0.2, -0.15) is 0 Å². The average molecular weight is 375 g/mol. The van der Waals surface area contributed by atoms with Crippen LogP contribution in [0.15, 0.2) is 65.7 Å². The van der Waals surface area contributed by atoms with Crippen molar-refractivity contribution in [1.29, 1.82) is 0 Å². The minimum Gasteiger partial charge on any atom is -0.493 e. The molecular weight excluding hydrogens is 354 g/mol. The van der Waals surface area contributed by atoms with Crippen LogP contribution in [0.25, 0.3) is 0 Å². The molecule has 1 heterocycles. The number of aliphatic imine (C=N–C) groups is 1. The molecule has 0 spiro atoms. The highest BCUT2D eigenvalue weighted by molar-refractivity contribution is 5.87. The van der Waals surface area contributed by atoms with Crippen molar-refractivity contribution in [3.63, 3.8) is 0 Å². The van der Waals surface area contributed by atoms with E-state index < -0.39 is 0 Å². The second-order valence-electron chi connectivity index (χ2n) is 6.30. The molecule has 5 heteroatoms. The molecule has 28 heavy (non-hydrogen) atoms. The van der Waals surface area contributed by atoms with Gasteiger partial charge in [0.25, 0.3) is 0 Å². The number of nitrogens with zero attached hydrogens (tertiary/aromatic N) is 1. The van der Waals surface area contributed by atoms with E-state index in [0.29, 0.717) is 18.1 Å². The second-order valence-corrected chi connectivity index (χ2v) is 6.30. The van der Waals surface area contributed by atoms with Crippen LogP contribution in [-0.2, 0) is 0 Å². The fraction of sp³-hybridized carbons (Fsp3) is 0.174. The van der Waals surface area contributed by atoms with Crippen molar-refractivity contribution in [2.75, 3.05) is 13.4 Å². The number of ether oxygens (including phenoxy) is 4. The van der Waals surface area contributed by atoms with E-state index in [2.05, 4.69) is 4.99 Å². The lowest BCUT2D eigenvalue weighted by Crippen LogP contribution is -1.96. The fourth-order valence-electron chi connectivity index (χ4n) is 2.86. The van der Waals surface area contributed by atoms with Crippen molar-refractivity contribution in [3.05, 3.63) is 71.8 Å². The van der Waals surface area contributed by atoms with Crippen LogP contribution in [-0.4, -0.2) is 19.6 Å². The first kappa shape index (κ1) is 17.9. The average Bonchev–Trinajstić information content (AvgIpc) is 3.16. The molecule has 0 bridgehead atoms. The van der Waals surface area contributed by atoms with Crippen LogP contribution >= 0.6 is 0 Å². The van der Waals surface area contributed by atoms with Crippen molar-refractivity contribution < 1.29 is 18.9 Å². The summed E-state index contributed by atoms with van der Waals surface area (Å²) in [6.45, 7) is 4.75. The van der Waals surface area contributed by atoms with Crippen LogP contribution < -0.4 is 18.9 Å². The summed E-state index contributed by atoms with van der Waals surface area (Å²) >= 11 is 0. The molecule has 4 rings (SSSR count). The second kappa shape index (κ2) is 8.05. The molecule has 1 aliphatic heterocycles. The van der Waals surface area contributed by atoms with Crippen LogP contribution in [0.1, 0.15) is 18.1 Å². The maximum atomic E-state index is 5.93. The Balaban J connectivity index is 1.51. The van der Waals surface area contributed by atoms with E-state index in [1.807, 2.05) is 74.5 Å². The molecule has 0 fully saturated rings. The molecule has 0 atom stereocenters. The molecule has 3 aromatic carbocycles. The maximum Gasteiger partial charge on any atom is 0.231 e. The summed E-state index contributed by atoms with van der Waals surface area (Å²) < 4.78 is 22.5. The predicted molar refractivity (Wildman–Crippen MR) is 109 cm³/mol. The molecule has 0 aromatic heterocycles. The first-order valence-corrected chi connectivity index (χ1v) is 9.17. The summed E-state index contributed by atoms with van der Waals surface area (Å²) in [7, 11) is 0. The van der Waals surface area contributed by atoms with Gasteiger partial charge in [-0.1, -0.05) is 18.2 Å². The third-order valence-electron chi connectivity index (χ3n) is 4.32. The van der Waals surface area contributed by atoms with Crippen molar-refractivity contribution in [2.45, 2.75) is 13.8 Å². The van der Waals surface area contributed by atoms with Gasteiger partial charge in [0, 0.05) is 17.8 Å². The molecule has 1 aliphatic rings. The number of hydrogen-bond donors (Lipinski definition) is 0. The monoisotopic (exact) mass is 375 g/mol. The maximum absolute atomic E-state index is 5.93. The molecule has 0 N–H and O–H groups in total. The van der Waals surface area contributed by atoms with Gasteiger partial charge in [-0.25, -0.2) is 0 Å². The van der Waals surface area contributed by atoms with Gasteiger partial charge in [0.05, 0.1) is 12.3 Å². The summed E-state index contributed by atoms with van der Waals surface area (Å²) in [5.74, 6) is 3.73. The van der Waals surface area contributed by atoms with Gasteiger partial charge in [-0.15, -0.1) is 0 Å². The molecule has 0 radical (unpaired) electrons. The molecule has 142 valence electrons. The van der Waals surface area contributed by atoms with Gasteiger partial charge in [0.2, 0.25) is 6.79 Å². The summed E-state index contributed by atoms with van der Waals surface area (Å²) in [5.41, 5.74) is 2.75. The number of fused-ring (bicyclic) bond motifs is 1. The van der Waals surface area contributed by atoms with Crippen molar-refractivity contribution in [1.82, 2.24) is 0 Å². The van der Waals surface area contributed by atoms with E-state index in [-0.39, 0.29) is 6.79 Å². The number of aryl methyl sites for hydroxylation is 1. The molecule has 0 saturated heterocycles. The van der Waals surface area contributed by atoms with Crippen molar-refractivity contribution in [2.24, 2.45) is 4.99 Å². The Bertz CT molecular complexity index is 996. The number of rotatable bonds is 6. The van der Waals surface area contributed by atoms with Gasteiger partial charge in [-0.3, -0.25) is 4.99 Å². The standard InChI is InChI=1S/C23H21NO4/c1-3-25-21-13-23-22(26-15-27-23)12-17(21)14-24-18-8-10-19(11-9-18)28-20-7-5-4-6-16(20)2/h4-14H,3,15H2,1-2H3. The van der Waals surface area contributed by atoms with Crippen LogP contribution in [0.2, 0.25) is 0 Å². The number of benzene rings is 3. The zero-order chi connectivity index (χ0) is 19.3. The Kier molecular flexibility index (Phi) is 5.15. The Hall–Kier alpha value is -3.47. The van der Waals surface area contributed by atoms with E-state index in [9.17, 15) is 0 Å². The molecule has 0 unspecified atom stereocenters. The molecule has 3 aromatic rings. The Labute approximate surface area is 164 Å². The number of hydrogen-bond acceptors (Lipinski definition) is 5. The normalized spacial score (nSPS) is 12.4. The lowest BCUT2D eigenvalue weighted by Gasteiger charge is -2.09. The smallest absolute Gasteiger partial charge is 0.231 e. The van der Waals surface area contributed by atoms with Crippen LogP contribution in [0.4, 0.5) is 5.69 Å². The largest absolute Gasteiger partial charge is 0.493 e. The summed E-state index contributed by atoms with van der Waals surface area (Å²) in [6, 6.07) is 19.3. The third-order valence-corrected chi connectivity index (χ3v) is 4.32. The zero-order valence-electron chi connectivity index (χ0n) is 15.8. The third kappa shape index (κ3) is 3.93. The van der Waals surface area contributed by atoms with Gasteiger partial charge >= 0.3 is 0 Å². The van der Waals surface area contributed by atoms with Crippen LogP contribution in [0.5, 0.6) is 28.7 Å². The summed E-state index contributed by atoms with van der Waals surface area (Å²) in [5, 5.41) is 0. The molecule has 0 aliphatic carbocycles. The fourth-order valence-corrected chi connectivity index (χ4v) is 2.86. The van der Waals surface area contributed by atoms with E-state index in [1.54, 1.807) is 6.21 Å². The van der Waals surface area contributed by atoms with Crippen LogP contribution in [0, 0.1) is 6.92 Å². The van der Waals surface area contributed by atoms with Gasteiger partial charge < -0.3 is 18.9 Å². The topological polar surface area (TPSA) is 49.3 Å². The highest BCUT2D eigenvalue weighted by atomic mass is 16.7. The molecule has 0 amide bonds. The molecule has 5 nitrogen and oxygen atoms in total. The molecular formula is C23H21NO4. The first-order chi connectivity index (χ1) is 13.7. The van der Waals surface area contributed by atoms with Crippen molar-refractivity contribution >= 4 is 11.9 Å².